The highest BCUT2D eigenvalue weighted by Crippen LogP contribution is 2.23. The Labute approximate surface area is 128 Å². The minimum Gasteiger partial charge on any atom is -0.352 e. The maximum atomic E-state index is 12.5. The molecule has 2 aliphatic rings. The van der Waals surface area contributed by atoms with Gasteiger partial charge in [-0.25, -0.2) is 0 Å². The first-order valence-corrected chi connectivity index (χ1v) is 9.41. The minimum atomic E-state index is 0.0354. The summed E-state index contributed by atoms with van der Waals surface area (Å²) in [6.07, 6.45) is 8.78. The number of carbonyl (C=O) groups is 1. The minimum absolute atomic E-state index is 0.0354. The zero-order valence-electron chi connectivity index (χ0n) is 13.1. The number of rotatable bonds is 4. The first-order valence-electron chi connectivity index (χ1n) is 8.36. The van der Waals surface area contributed by atoms with E-state index in [1.165, 1.54) is 50.7 Å². The van der Waals surface area contributed by atoms with Crippen LogP contribution in [0.4, 0.5) is 0 Å². The Kier molecular flexibility index (Phi) is 6.69. The van der Waals surface area contributed by atoms with E-state index in [9.17, 15) is 4.79 Å². The van der Waals surface area contributed by atoms with Gasteiger partial charge in [0.1, 0.15) is 0 Å². The molecule has 0 aromatic heterocycles. The molecule has 1 N–H and O–H groups in total. The normalized spacial score (nSPS) is 27.8. The van der Waals surface area contributed by atoms with Crippen molar-refractivity contribution in [2.75, 3.05) is 18.8 Å². The van der Waals surface area contributed by atoms with E-state index in [-0.39, 0.29) is 11.9 Å². The number of carbonyl (C=O) groups excluding carboxylic acids is 1. The van der Waals surface area contributed by atoms with Crippen molar-refractivity contribution in [2.45, 2.75) is 76.1 Å². The summed E-state index contributed by atoms with van der Waals surface area (Å²) < 4.78 is 0. The Hall–Kier alpha value is -0.220. The number of nitrogens with zero attached hydrogens (tertiary/aromatic N) is 1. The number of amides is 1. The van der Waals surface area contributed by atoms with Gasteiger partial charge in [-0.2, -0.15) is 11.8 Å². The van der Waals surface area contributed by atoms with Crippen molar-refractivity contribution >= 4 is 17.7 Å². The quantitative estimate of drug-likeness (QED) is 0.810. The molecule has 1 saturated carbocycles. The zero-order valence-corrected chi connectivity index (χ0v) is 13.9. The topological polar surface area (TPSA) is 32.3 Å². The molecule has 2 atom stereocenters. The zero-order chi connectivity index (χ0) is 14.4. The second-order valence-electron chi connectivity index (χ2n) is 6.27. The SMILES string of the molecule is CC[C@@H]1CN([C@H](C)C(=O)NC2CCCCCC2)CCS1. The van der Waals surface area contributed by atoms with Gasteiger partial charge < -0.3 is 5.32 Å². The highest BCUT2D eigenvalue weighted by molar-refractivity contribution is 8.00. The Balaban J connectivity index is 1.81. The Morgan fingerprint density at radius 1 is 1.30 bits per heavy atom. The van der Waals surface area contributed by atoms with Crippen LogP contribution in [0.2, 0.25) is 0 Å². The van der Waals surface area contributed by atoms with Gasteiger partial charge in [0.05, 0.1) is 6.04 Å². The van der Waals surface area contributed by atoms with Crippen LogP contribution in [0.1, 0.15) is 58.8 Å². The number of thioether (sulfide) groups is 1. The molecular weight excluding hydrogens is 268 g/mol. The van der Waals surface area contributed by atoms with Crippen molar-refractivity contribution in [3.05, 3.63) is 0 Å². The Bertz CT molecular complexity index is 303. The number of hydrogen-bond donors (Lipinski definition) is 1. The van der Waals surface area contributed by atoms with Gasteiger partial charge >= 0.3 is 0 Å². The van der Waals surface area contributed by atoms with Crippen molar-refractivity contribution in [3.63, 3.8) is 0 Å². The largest absolute Gasteiger partial charge is 0.352 e. The fraction of sp³-hybridized carbons (Fsp3) is 0.938. The lowest BCUT2D eigenvalue weighted by molar-refractivity contribution is -0.126. The summed E-state index contributed by atoms with van der Waals surface area (Å²) in [5.74, 6) is 1.41. The smallest absolute Gasteiger partial charge is 0.237 e. The molecule has 0 aromatic rings. The molecule has 0 radical (unpaired) electrons. The lowest BCUT2D eigenvalue weighted by Crippen LogP contribution is -2.52. The third-order valence-corrected chi connectivity index (χ3v) is 6.13. The third kappa shape index (κ3) is 4.66. The van der Waals surface area contributed by atoms with Gasteiger partial charge in [0.25, 0.3) is 0 Å². The number of nitrogens with one attached hydrogen (secondary N) is 1. The number of hydrogen-bond acceptors (Lipinski definition) is 3. The molecule has 0 aromatic carbocycles. The summed E-state index contributed by atoms with van der Waals surface area (Å²) in [7, 11) is 0. The van der Waals surface area contributed by atoms with Gasteiger partial charge in [0.15, 0.2) is 0 Å². The lowest BCUT2D eigenvalue weighted by atomic mass is 10.1. The molecular formula is C16H30N2OS. The van der Waals surface area contributed by atoms with Crippen LogP contribution in [-0.2, 0) is 4.79 Å². The lowest BCUT2D eigenvalue weighted by Gasteiger charge is -2.36. The molecule has 1 aliphatic carbocycles. The van der Waals surface area contributed by atoms with E-state index in [1.807, 2.05) is 0 Å². The molecule has 2 rings (SSSR count). The van der Waals surface area contributed by atoms with Crippen LogP contribution >= 0.6 is 11.8 Å². The van der Waals surface area contributed by atoms with Crippen LogP contribution in [0.25, 0.3) is 0 Å². The molecule has 1 saturated heterocycles. The van der Waals surface area contributed by atoms with Gasteiger partial charge in [0.2, 0.25) is 5.91 Å². The molecule has 3 nitrogen and oxygen atoms in total. The van der Waals surface area contributed by atoms with Gasteiger partial charge in [-0.05, 0) is 26.2 Å². The molecule has 4 heteroatoms. The maximum Gasteiger partial charge on any atom is 0.237 e. The fourth-order valence-corrected chi connectivity index (χ4v) is 4.46. The first kappa shape index (κ1) is 16.2. The van der Waals surface area contributed by atoms with Crippen LogP contribution in [0.5, 0.6) is 0 Å². The first-order chi connectivity index (χ1) is 9.70. The summed E-state index contributed by atoms with van der Waals surface area (Å²) in [6, 6.07) is 0.460. The van der Waals surface area contributed by atoms with Gasteiger partial charge in [0, 0.05) is 30.1 Å². The molecule has 116 valence electrons. The average molecular weight is 298 g/mol. The molecule has 0 unspecified atom stereocenters. The van der Waals surface area contributed by atoms with E-state index in [2.05, 4.69) is 35.8 Å². The van der Waals surface area contributed by atoms with Crippen molar-refractivity contribution in [1.29, 1.82) is 0 Å². The van der Waals surface area contributed by atoms with Crippen LogP contribution in [0.15, 0.2) is 0 Å². The average Bonchev–Trinajstić information content (AvgIpc) is 2.75. The van der Waals surface area contributed by atoms with Crippen molar-refractivity contribution in [2.24, 2.45) is 0 Å². The fourth-order valence-electron chi connectivity index (χ4n) is 3.25. The molecule has 1 heterocycles. The molecule has 20 heavy (non-hydrogen) atoms. The summed E-state index contributed by atoms with van der Waals surface area (Å²) in [6.45, 7) is 6.45. The molecule has 2 fully saturated rings. The van der Waals surface area contributed by atoms with E-state index < -0.39 is 0 Å². The summed E-state index contributed by atoms with van der Waals surface area (Å²) in [4.78, 5) is 14.8. The highest BCUT2D eigenvalue weighted by atomic mass is 32.2. The van der Waals surface area contributed by atoms with E-state index in [0.717, 1.165) is 13.1 Å². The van der Waals surface area contributed by atoms with E-state index in [4.69, 9.17) is 0 Å². The van der Waals surface area contributed by atoms with Crippen molar-refractivity contribution in [1.82, 2.24) is 10.2 Å². The van der Waals surface area contributed by atoms with Crippen LogP contribution < -0.4 is 5.32 Å². The van der Waals surface area contributed by atoms with Crippen LogP contribution in [-0.4, -0.2) is 47.0 Å². The summed E-state index contributed by atoms with van der Waals surface area (Å²) in [5.41, 5.74) is 0. The molecule has 0 spiro atoms. The van der Waals surface area contributed by atoms with E-state index in [0.29, 0.717) is 11.3 Å². The standard InChI is InChI=1S/C16H30N2OS/c1-3-15-12-18(10-11-20-15)13(2)16(19)17-14-8-6-4-5-7-9-14/h13-15H,3-12H2,1-2H3,(H,17,19)/t13-,15-/m1/s1. The molecule has 1 amide bonds. The second-order valence-corrected chi connectivity index (χ2v) is 7.68. The Morgan fingerprint density at radius 3 is 2.65 bits per heavy atom. The summed E-state index contributed by atoms with van der Waals surface area (Å²) in [5, 5.41) is 4.01. The van der Waals surface area contributed by atoms with E-state index >= 15 is 0 Å². The summed E-state index contributed by atoms with van der Waals surface area (Å²) >= 11 is 2.06. The molecule has 0 bridgehead atoms. The maximum absolute atomic E-state index is 12.5. The Morgan fingerprint density at radius 2 is 2.00 bits per heavy atom. The second kappa shape index (κ2) is 8.28. The molecule has 1 aliphatic heterocycles. The predicted molar refractivity (Wildman–Crippen MR) is 87.2 cm³/mol. The van der Waals surface area contributed by atoms with Gasteiger partial charge in [-0.3, -0.25) is 9.69 Å². The van der Waals surface area contributed by atoms with E-state index in [1.54, 1.807) is 0 Å². The predicted octanol–water partition coefficient (Wildman–Crippen LogP) is 3.04. The van der Waals surface area contributed by atoms with Crippen molar-refractivity contribution < 1.29 is 4.79 Å². The van der Waals surface area contributed by atoms with Gasteiger partial charge in [-0.15, -0.1) is 0 Å². The monoisotopic (exact) mass is 298 g/mol. The van der Waals surface area contributed by atoms with Crippen LogP contribution in [0.3, 0.4) is 0 Å². The van der Waals surface area contributed by atoms with Gasteiger partial charge in [-0.1, -0.05) is 32.6 Å². The highest BCUT2D eigenvalue weighted by Gasteiger charge is 2.28. The van der Waals surface area contributed by atoms with Crippen LogP contribution in [0, 0.1) is 0 Å². The third-order valence-electron chi connectivity index (χ3n) is 4.75. The van der Waals surface area contributed by atoms with Crippen molar-refractivity contribution in [3.8, 4) is 0 Å².